The Morgan fingerprint density at radius 3 is 2.24 bits per heavy atom. The van der Waals surface area contributed by atoms with Gasteiger partial charge in [0, 0.05) is 20.2 Å². The zero-order chi connectivity index (χ0) is 13.3. The molecule has 0 atom stereocenters. The van der Waals surface area contributed by atoms with Crippen LogP contribution in [0.4, 0.5) is 0 Å². The summed E-state index contributed by atoms with van der Waals surface area (Å²) >= 11 is 0. The summed E-state index contributed by atoms with van der Waals surface area (Å²) in [5.74, 6) is 1.79. The standard InChI is InChI=1S/C13H28N2O2/c1-10(2)12(11(3)4)8-15-13(16)9-14-6-7-17-5/h10-12,14H,6-9H2,1-5H3,(H,15,16). The Kier molecular flexibility index (Phi) is 9.09. The van der Waals surface area contributed by atoms with Gasteiger partial charge >= 0.3 is 0 Å². The Morgan fingerprint density at radius 2 is 1.76 bits per heavy atom. The van der Waals surface area contributed by atoms with Crippen LogP contribution in [0.25, 0.3) is 0 Å². The molecule has 0 spiro atoms. The fraction of sp³-hybridized carbons (Fsp3) is 0.923. The van der Waals surface area contributed by atoms with Gasteiger partial charge in [0.05, 0.1) is 13.2 Å². The molecule has 102 valence electrons. The molecule has 0 fully saturated rings. The molecule has 4 nitrogen and oxygen atoms in total. The highest BCUT2D eigenvalue weighted by Gasteiger charge is 2.17. The van der Waals surface area contributed by atoms with Gasteiger partial charge in [-0.3, -0.25) is 4.79 Å². The quantitative estimate of drug-likeness (QED) is 0.601. The van der Waals surface area contributed by atoms with Crippen LogP contribution < -0.4 is 10.6 Å². The smallest absolute Gasteiger partial charge is 0.233 e. The van der Waals surface area contributed by atoms with Gasteiger partial charge in [0.2, 0.25) is 5.91 Å². The summed E-state index contributed by atoms with van der Waals surface area (Å²) in [7, 11) is 1.65. The molecule has 17 heavy (non-hydrogen) atoms. The van der Waals surface area contributed by atoms with E-state index in [4.69, 9.17) is 4.74 Å². The lowest BCUT2D eigenvalue weighted by molar-refractivity contribution is -0.120. The lowest BCUT2D eigenvalue weighted by Crippen LogP contribution is -2.39. The first-order chi connectivity index (χ1) is 7.99. The highest BCUT2D eigenvalue weighted by atomic mass is 16.5. The van der Waals surface area contributed by atoms with Crippen molar-refractivity contribution in [1.29, 1.82) is 0 Å². The van der Waals surface area contributed by atoms with Gasteiger partial charge in [-0.05, 0) is 17.8 Å². The van der Waals surface area contributed by atoms with E-state index in [-0.39, 0.29) is 5.91 Å². The first kappa shape index (κ1) is 16.4. The molecule has 0 rings (SSSR count). The largest absolute Gasteiger partial charge is 0.383 e. The summed E-state index contributed by atoms with van der Waals surface area (Å²) in [6.45, 7) is 11.3. The van der Waals surface area contributed by atoms with E-state index in [0.29, 0.717) is 37.5 Å². The molecule has 4 heteroatoms. The Hall–Kier alpha value is -0.610. The third kappa shape index (κ3) is 8.16. The Bertz CT molecular complexity index is 198. The monoisotopic (exact) mass is 244 g/mol. The van der Waals surface area contributed by atoms with E-state index in [1.165, 1.54) is 0 Å². The number of hydrogen-bond donors (Lipinski definition) is 2. The Morgan fingerprint density at radius 1 is 1.18 bits per heavy atom. The molecule has 0 heterocycles. The number of rotatable bonds is 9. The van der Waals surface area contributed by atoms with Crippen LogP contribution in [0, 0.1) is 17.8 Å². The van der Waals surface area contributed by atoms with E-state index in [1.807, 2.05) is 0 Å². The van der Waals surface area contributed by atoms with Crippen molar-refractivity contribution in [2.24, 2.45) is 17.8 Å². The molecule has 0 aliphatic heterocycles. The maximum Gasteiger partial charge on any atom is 0.233 e. The maximum atomic E-state index is 11.5. The van der Waals surface area contributed by atoms with Crippen LogP contribution in [0.15, 0.2) is 0 Å². The van der Waals surface area contributed by atoms with E-state index in [1.54, 1.807) is 7.11 Å². The molecule has 0 unspecified atom stereocenters. The highest BCUT2D eigenvalue weighted by molar-refractivity contribution is 5.77. The van der Waals surface area contributed by atoms with E-state index in [0.717, 1.165) is 6.54 Å². The molecule has 0 aromatic carbocycles. The highest BCUT2D eigenvalue weighted by Crippen LogP contribution is 2.19. The number of hydrogen-bond acceptors (Lipinski definition) is 3. The summed E-state index contributed by atoms with van der Waals surface area (Å²) in [5.41, 5.74) is 0. The van der Waals surface area contributed by atoms with E-state index < -0.39 is 0 Å². The molecule has 0 aliphatic rings. The van der Waals surface area contributed by atoms with Crippen LogP contribution in [0.2, 0.25) is 0 Å². The minimum absolute atomic E-state index is 0.0624. The second-order valence-electron chi connectivity index (χ2n) is 5.13. The first-order valence-corrected chi connectivity index (χ1v) is 6.45. The number of carbonyl (C=O) groups excluding carboxylic acids is 1. The molecule has 0 bridgehead atoms. The molecule has 0 radical (unpaired) electrons. The second kappa shape index (κ2) is 9.42. The molecule has 0 aromatic heterocycles. The van der Waals surface area contributed by atoms with Gasteiger partial charge in [0.25, 0.3) is 0 Å². The van der Waals surface area contributed by atoms with Crippen molar-refractivity contribution in [3.63, 3.8) is 0 Å². The van der Waals surface area contributed by atoms with Crippen molar-refractivity contribution in [3.8, 4) is 0 Å². The average molecular weight is 244 g/mol. The van der Waals surface area contributed by atoms with E-state index >= 15 is 0 Å². The SMILES string of the molecule is COCCNCC(=O)NCC(C(C)C)C(C)C. The van der Waals surface area contributed by atoms with E-state index in [2.05, 4.69) is 38.3 Å². The third-order valence-electron chi connectivity index (χ3n) is 3.02. The third-order valence-corrected chi connectivity index (χ3v) is 3.02. The second-order valence-corrected chi connectivity index (χ2v) is 5.13. The summed E-state index contributed by atoms with van der Waals surface area (Å²) in [6, 6.07) is 0. The van der Waals surface area contributed by atoms with Crippen LogP contribution in [0.1, 0.15) is 27.7 Å². The normalized spacial score (nSPS) is 11.5. The molecule has 1 amide bonds. The molecule has 0 saturated heterocycles. The van der Waals surface area contributed by atoms with Gasteiger partial charge in [-0.1, -0.05) is 27.7 Å². The number of nitrogens with one attached hydrogen (secondary N) is 2. The minimum atomic E-state index is 0.0624. The molecule has 0 aliphatic carbocycles. The van der Waals surface area contributed by atoms with Crippen LogP contribution in [-0.2, 0) is 9.53 Å². The van der Waals surface area contributed by atoms with Crippen LogP contribution in [0.5, 0.6) is 0 Å². The van der Waals surface area contributed by atoms with Gasteiger partial charge < -0.3 is 15.4 Å². The maximum absolute atomic E-state index is 11.5. The average Bonchev–Trinajstić information content (AvgIpc) is 2.23. The van der Waals surface area contributed by atoms with E-state index in [9.17, 15) is 4.79 Å². The van der Waals surface area contributed by atoms with Crippen molar-refractivity contribution in [3.05, 3.63) is 0 Å². The fourth-order valence-corrected chi connectivity index (χ4v) is 1.91. The van der Waals surface area contributed by atoms with Crippen molar-refractivity contribution in [2.75, 3.05) is 33.4 Å². The summed E-state index contributed by atoms with van der Waals surface area (Å²) in [5, 5.41) is 6.01. The number of methoxy groups -OCH3 is 1. The number of ether oxygens (including phenoxy) is 1. The zero-order valence-electron chi connectivity index (χ0n) is 11.9. The van der Waals surface area contributed by atoms with Crippen molar-refractivity contribution in [2.45, 2.75) is 27.7 Å². The zero-order valence-corrected chi connectivity index (χ0v) is 11.9. The fourth-order valence-electron chi connectivity index (χ4n) is 1.91. The molecule has 0 aromatic rings. The number of carbonyl (C=O) groups is 1. The van der Waals surface area contributed by atoms with Crippen LogP contribution in [0.3, 0.4) is 0 Å². The lowest BCUT2D eigenvalue weighted by Gasteiger charge is -2.25. The molecule has 0 saturated carbocycles. The number of amides is 1. The van der Waals surface area contributed by atoms with Crippen molar-refractivity contribution < 1.29 is 9.53 Å². The van der Waals surface area contributed by atoms with Gasteiger partial charge in [-0.25, -0.2) is 0 Å². The van der Waals surface area contributed by atoms with Gasteiger partial charge in [-0.2, -0.15) is 0 Å². The summed E-state index contributed by atoms with van der Waals surface area (Å²) < 4.78 is 4.89. The lowest BCUT2D eigenvalue weighted by atomic mass is 9.85. The van der Waals surface area contributed by atoms with Gasteiger partial charge in [-0.15, -0.1) is 0 Å². The Balaban J connectivity index is 3.73. The first-order valence-electron chi connectivity index (χ1n) is 6.45. The van der Waals surface area contributed by atoms with Crippen molar-refractivity contribution in [1.82, 2.24) is 10.6 Å². The van der Waals surface area contributed by atoms with Gasteiger partial charge in [0.15, 0.2) is 0 Å². The molecular formula is C13H28N2O2. The molecular weight excluding hydrogens is 216 g/mol. The van der Waals surface area contributed by atoms with Crippen LogP contribution >= 0.6 is 0 Å². The predicted molar refractivity (Wildman–Crippen MR) is 70.9 cm³/mol. The topological polar surface area (TPSA) is 50.4 Å². The Labute approximate surface area is 105 Å². The summed E-state index contributed by atoms with van der Waals surface area (Å²) in [6.07, 6.45) is 0. The van der Waals surface area contributed by atoms with Crippen LogP contribution in [-0.4, -0.2) is 39.3 Å². The summed E-state index contributed by atoms with van der Waals surface area (Å²) in [4.78, 5) is 11.5. The van der Waals surface area contributed by atoms with Gasteiger partial charge in [0.1, 0.15) is 0 Å². The van der Waals surface area contributed by atoms with Crippen molar-refractivity contribution >= 4 is 5.91 Å². The predicted octanol–water partition coefficient (Wildman–Crippen LogP) is 1.27. The minimum Gasteiger partial charge on any atom is -0.383 e. The molecule has 2 N–H and O–H groups in total.